The number of likely N-dealkylation sites (N-methyl/N-ethyl adjacent to an activating group) is 1. The zero-order chi connectivity index (χ0) is 33.7. The summed E-state index contributed by atoms with van der Waals surface area (Å²) in [5, 5.41) is 14.5. The van der Waals surface area contributed by atoms with Crippen LogP contribution in [0.25, 0.3) is 0 Å². The van der Waals surface area contributed by atoms with Crippen LogP contribution in [0, 0.1) is 5.92 Å². The number of nitrogens with one attached hydrogen (secondary N) is 2. The van der Waals surface area contributed by atoms with E-state index in [1.54, 1.807) is 77.9 Å². The fourth-order valence-corrected chi connectivity index (χ4v) is 7.46. The van der Waals surface area contributed by atoms with Gasteiger partial charge in [-0.1, -0.05) is 43.3 Å². The maximum Gasteiger partial charge on any atom is 0.271 e. The van der Waals surface area contributed by atoms with Gasteiger partial charge in [-0.3, -0.25) is 19.2 Å². The molecule has 5 N–H and O–H groups in total. The first kappa shape index (κ1) is 33.9. The summed E-state index contributed by atoms with van der Waals surface area (Å²) in [6.45, 7) is 4.83. The summed E-state index contributed by atoms with van der Waals surface area (Å²) in [5.74, 6) is -0.648. The van der Waals surface area contributed by atoms with Gasteiger partial charge in [0.2, 0.25) is 0 Å². The van der Waals surface area contributed by atoms with Crippen LogP contribution in [0.3, 0.4) is 0 Å². The molecule has 1 aliphatic rings. The van der Waals surface area contributed by atoms with Crippen molar-refractivity contribution >= 4 is 50.2 Å². The fraction of sp³-hybridized carbons (Fsp3) is 0.294. The van der Waals surface area contributed by atoms with E-state index in [0.29, 0.717) is 36.6 Å². The molecule has 0 unspecified atom stereocenters. The molecule has 2 heterocycles. The maximum atomic E-state index is 13.8. The number of carbonyl (C=O) groups excluding carboxylic acids is 2. The number of anilines is 3. The normalized spacial score (nSPS) is 17.3. The van der Waals surface area contributed by atoms with E-state index in [9.17, 15) is 23.1 Å². The summed E-state index contributed by atoms with van der Waals surface area (Å²) in [7, 11) is -1.98. The Morgan fingerprint density at radius 1 is 1.09 bits per heavy atom. The molecule has 4 aromatic rings. The molecule has 1 aliphatic heterocycles. The maximum absolute atomic E-state index is 13.8. The molecule has 0 saturated carbocycles. The van der Waals surface area contributed by atoms with Gasteiger partial charge in [0.15, 0.2) is 5.75 Å². The molecule has 2 amide bonds. The number of hydrogen-bond acceptors (Lipinski definition) is 9. The number of amides is 2. The minimum Gasteiger partial charge on any atom is -0.486 e. The lowest BCUT2D eigenvalue weighted by Crippen LogP contribution is -2.49. The quantitative estimate of drug-likeness (QED) is 0.166. The second-order valence-corrected chi connectivity index (χ2v) is 14.6. The third-order valence-corrected chi connectivity index (χ3v) is 10.8. The molecule has 0 bridgehead atoms. The Morgan fingerprint density at radius 3 is 2.49 bits per heavy atom. The highest BCUT2D eigenvalue weighted by molar-refractivity contribution is 7.94. The third-order valence-electron chi connectivity index (χ3n) is 8.06. The van der Waals surface area contributed by atoms with Crippen molar-refractivity contribution in [1.82, 2.24) is 9.80 Å². The summed E-state index contributed by atoms with van der Waals surface area (Å²) in [6, 6.07) is 21.9. The fourth-order valence-electron chi connectivity index (χ4n) is 5.40. The molecule has 11 nitrogen and oxygen atoms in total. The number of nitrogens with zero attached hydrogens (tertiary/aromatic N) is 2. The highest BCUT2D eigenvalue weighted by Crippen LogP contribution is 2.36. The smallest absolute Gasteiger partial charge is 0.271 e. The van der Waals surface area contributed by atoms with Crippen molar-refractivity contribution in [3.63, 3.8) is 0 Å². The van der Waals surface area contributed by atoms with Crippen molar-refractivity contribution in [2.45, 2.75) is 36.7 Å². The number of aliphatic hydroxyl groups excluding tert-OH is 1. The highest BCUT2D eigenvalue weighted by Gasteiger charge is 2.35. The van der Waals surface area contributed by atoms with Crippen molar-refractivity contribution < 1.29 is 27.9 Å². The van der Waals surface area contributed by atoms with Crippen LogP contribution >= 0.6 is 11.3 Å². The van der Waals surface area contributed by atoms with Gasteiger partial charge in [-0.05, 0) is 67.4 Å². The Labute approximate surface area is 279 Å². The number of nitrogen functional groups attached to an aromatic ring is 1. The lowest BCUT2D eigenvalue weighted by atomic mass is 9.99. The summed E-state index contributed by atoms with van der Waals surface area (Å²) in [6.07, 6.45) is -0.450. The number of hydrogen-bond donors (Lipinski definition) is 4. The molecule has 0 spiro atoms. The minimum absolute atomic E-state index is 0.139. The topological polar surface area (TPSA) is 154 Å². The van der Waals surface area contributed by atoms with Gasteiger partial charge in [0.1, 0.15) is 10.3 Å². The molecule has 5 rings (SSSR count). The van der Waals surface area contributed by atoms with E-state index in [4.69, 9.17) is 10.5 Å². The van der Waals surface area contributed by atoms with E-state index in [-0.39, 0.29) is 45.5 Å². The lowest BCUT2D eigenvalue weighted by molar-refractivity contribution is 0.0344. The van der Waals surface area contributed by atoms with Crippen LogP contribution in [0.2, 0.25) is 0 Å². The zero-order valence-electron chi connectivity index (χ0n) is 26.4. The summed E-state index contributed by atoms with van der Waals surface area (Å²) in [5.41, 5.74) is 8.83. The number of rotatable bonds is 11. The second kappa shape index (κ2) is 14.6. The molecule has 0 aliphatic carbocycles. The first-order chi connectivity index (χ1) is 22.5. The summed E-state index contributed by atoms with van der Waals surface area (Å²) < 4.78 is 35.7. The van der Waals surface area contributed by atoms with Crippen molar-refractivity contribution in [3.8, 4) is 5.75 Å². The molecular weight excluding hydrogens is 639 g/mol. The highest BCUT2D eigenvalue weighted by atomic mass is 32.2. The Bertz CT molecular complexity index is 1810. The molecular formula is C34H39N5O6S2. The largest absolute Gasteiger partial charge is 0.486 e. The monoisotopic (exact) mass is 677 g/mol. The number of aliphatic hydroxyl groups is 1. The number of nitrogens with two attached hydrogens (primary N) is 1. The Balaban J connectivity index is 1.36. The van der Waals surface area contributed by atoms with Gasteiger partial charge in [0.05, 0.1) is 35.3 Å². The van der Waals surface area contributed by atoms with Gasteiger partial charge < -0.3 is 25.8 Å². The average molecular weight is 678 g/mol. The summed E-state index contributed by atoms with van der Waals surface area (Å²) in [4.78, 5) is 30.2. The Hall–Kier alpha value is -4.43. The average Bonchev–Trinajstić information content (AvgIpc) is 3.61. The molecule has 0 radical (unpaired) electrons. The van der Waals surface area contributed by atoms with Crippen LogP contribution in [0.4, 0.5) is 17.1 Å². The Kier molecular flexibility index (Phi) is 10.5. The van der Waals surface area contributed by atoms with Crippen LogP contribution < -0.4 is 20.5 Å². The molecule has 47 heavy (non-hydrogen) atoms. The van der Waals surface area contributed by atoms with Gasteiger partial charge in [0, 0.05) is 31.1 Å². The van der Waals surface area contributed by atoms with Crippen molar-refractivity contribution in [2.75, 3.05) is 42.5 Å². The van der Waals surface area contributed by atoms with Crippen LogP contribution in [0.15, 0.2) is 88.5 Å². The van der Waals surface area contributed by atoms with Gasteiger partial charge in [-0.2, -0.15) is 0 Å². The number of thiophene rings is 1. The van der Waals surface area contributed by atoms with Gasteiger partial charge in [-0.25, -0.2) is 8.42 Å². The molecule has 0 fully saturated rings. The van der Waals surface area contributed by atoms with Gasteiger partial charge in [0.25, 0.3) is 21.8 Å². The first-order valence-corrected chi connectivity index (χ1v) is 17.5. The van der Waals surface area contributed by atoms with E-state index in [0.717, 1.165) is 16.9 Å². The van der Waals surface area contributed by atoms with Crippen molar-refractivity contribution in [1.29, 1.82) is 0 Å². The second-order valence-electron chi connectivity index (χ2n) is 11.8. The predicted molar refractivity (Wildman–Crippen MR) is 184 cm³/mol. The van der Waals surface area contributed by atoms with Crippen molar-refractivity contribution in [3.05, 3.63) is 101 Å². The molecule has 3 atom stereocenters. The molecule has 13 heteroatoms. The third kappa shape index (κ3) is 7.93. The van der Waals surface area contributed by atoms with E-state index in [2.05, 4.69) is 14.9 Å². The SMILES string of the molecule is C[C@H]1CN([C@@H](C)CO)C(=O)c2cccc(NS(=O)(=O)c3cccs3)c2O[C@@H]1CN(C)Cc1ccc(C(=O)Nc2ccccc2N)cc1. The predicted octanol–water partition coefficient (Wildman–Crippen LogP) is 4.74. The first-order valence-electron chi connectivity index (χ1n) is 15.2. The lowest BCUT2D eigenvalue weighted by Gasteiger charge is -2.38. The van der Waals surface area contributed by atoms with E-state index < -0.39 is 22.2 Å². The van der Waals surface area contributed by atoms with E-state index >= 15 is 0 Å². The number of sulfonamides is 1. The number of ether oxygens (including phenoxy) is 1. The molecule has 0 saturated heterocycles. The van der Waals surface area contributed by atoms with Crippen LogP contribution in [0.1, 0.15) is 40.1 Å². The standard InChI is InChI=1S/C34H39N5O6S2/c1-22-18-39(23(2)21-40)34(42)26-8-6-11-29(37-47(43,44)31-12-7-17-46-31)32(26)45-30(22)20-38(3)19-24-13-15-25(16-14-24)33(41)36-28-10-5-4-9-27(28)35/h4-17,22-23,30,37,40H,18-21,35H2,1-3H3,(H,36,41)/t22-,23-,30+/m0/s1. The van der Waals surface area contributed by atoms with Gasteiger partial charge in [-0.15, -0.1) is 11.3 Å². The molecule has 248 valence electrons. The van der Waals surface area contributed by atoms with E-state index in [1.807, 2.05) is 26.1 Å². The number of carbonyl (C=O) groups is 2. The van der Waals surface area contributed by atoms with Crippen LogP contribution in [-0.4, -0.2) is 74.0 Å². The van der Waals surface area contributed by atoms with Gasteiger partial charge >= 0.3 is 0 Å². The minimum atomic E-state index is -3.92. The molecule has 3 aromatic carbocycles. The molecule has 1 aromatic heterocycles. The van der Waals surface area contributed by atoms with Crippen LogP contribution in [-0.2, 0) is 16.6 Å². The zero-order valence-corrected chi connectivity index (χ0v) is 28.1. The number of para-hydroxylation sites is 3. The van der Waals surface area contributed by atoms with E-state index in [1.165, 1.54) is 6.07 Å². The number of fused-ring (bicyclic) bond motifs is 1. The Morgan fingerprint density at radius 2 is 1.81 bits per heavy atom. The summed E-state index contributed by atoms with van der Waals surface area (Å²) >= 11 is 1.09. The van der Waals surface area contributed by atoms with Crippen LogP contribution in [0.5, 0.6) is 5.75 Å². The van der Waals surface area contributed by atoms with Crippen molar-refractivity contribution in [2.24, 2.45) is 5.92 Å². The number of benzene rings is 3.